The SMILES string of the molecule is CC(C)(C)c1ccc(OCCCNC(=O)NCc2ccc(F)cc2)c(Br)c1. The van der Waals surface area contributed by atoms with E-state index >= 15 is 0 Å². The molecular formula is C21H26BrFN2O2. The van der Waals surface area contributed by atoms with Crippen molar-refractivity contribution in [2.75, 3.05) is 13.2 Å². The molecule has 2 amide bonds. The molecule has 4 nitrogen and oxygen atoms in total. The van der Waals surface area contributed by atoms with Gasteiger partial charge in [-0.2, -0.15) is 0 Å². The minimum absolute atomic E-state index is 0.0895. The maximum atomic E-state index is 12.8. The van der Waals surface area contributed by atoms with Gasteiger partial charge < -0.3 is 15.4 Å². The summed E-state index contributed by atoms with van der Waals surface area (Å²) < 4.78 is 19.5. The number of carbonyl (C=O) groups excluding carboxylic acids is 1. The first-order chi connectivity index (χ1) is 12.8. The molecule has 2 aromatic rings. The molecule has 0 aliphatic rings. The fourth-order valence-corrected chi connectivity index (χ4v) is 2.88. The highest BCUT2D eigenvalue weighted by atomic mass is 79.9. The van der Waals surface area contributed by atoms with E-state index in [1.54, 1.807) is 12.1 Å². The molecule has 0 radical (unpaired) electrons. The van der Waals surface area contributed by atoms with Crippen molar-refractivity contribution in [2.24, 2.45) is 0 Å². The second-order valence-electron chi connectivity index (χ2n) is 7.33. The number of nitrogens with one attached hydrogen (secondary N) is 2. The van der Waals surface area contributed by atoms with Crippen molar-refractivity contribution < 1.29 is 13.9 Å². The van der Waals surface area contributed by atoms with Gasteiger partial charge in [0.2, 0.25) is 0 Å². The second kappa shape index (κ2) is 9.74. The first-order valence-electron chi connectivity index (χ1n) is 8.94. The van der Waals surface area contributed by atoms with Gasteiger partial charge in [-0.25, -0.2) is 9.18 Å². The van der Waals surface area contributed by atoms with Gasteiger partial charge in [0.15, 0.2) is 0 Å². The van der Waals surface area contributed by atoms with Gasteiger partial charge in [-0.1, -0.05) is 39.0 Å². The number of carbonyl (C=O) groups is 1. The van der Waals surface area contributed by atoms with Crippen LogP contribution in [0.3, 0.4) is 0 Å². The Kier molecular flexibility index (Phi) is 7.66. The lowest BCUT2D eigenvalue weighted by Gasteiger charge is -2.20. The zero-order chi connectivity index (χ0) is 19.9. The second-order valence-corrected chi connectivity index (χ2v) is 8.19. The minimum atomic E-state index is -0.289. The molecule has 6 heteroatoms. The number of urea groups is 1. The van der Waals surface area contributed by atoms with Gasteiger partial charge >= 0.3 is 6.03 Å². The number of rotatable bonds is 7. The molecule has 146 valence electrons. The number of hydrogen-bond acceptors (Lipinski definition) is 2. The average Bonchev–Trinajstić information content (AvgIpc) is 2.61. The Morgan fingerprint density at radius 3 is 2.44 bits per heavy atom. The van der Waals surface area contributed by atoms with Crippen LogP contribution in [0.15, 0.2) is 46.9 Å². The van der Waals surface area contributed by atoms with Crippen LogP contribution in [0.2, 0.25) is 0 Å². The first kappa shape index (κ1) is 21.2. The quantitative estimate of drug-likeness (QED) is 0.589. The van der Waals surface area contributed by atoms with Crippen LogP contribution >= 0.6 is 15.9 Å². The summed E-state index contributed by atoms with van der Waals surface area (Å²) in [4.78, 5) is 11.8. The Bertz CT molecular complexity index is 758. The Balaban J connectivity index is 1.65. The number of halogens is 2. The van der Waals surface area contributed by atoms with E-state index in [9.17, 15) is 9.18 Å². The van der Waals surface area contributed by atoms with Crippen LogP contribution in [-0.4, -0.2) is 19.2 Å². The normalized spacial score (nSPS) is 11.1. The topological polar surface area (TPSA) is 50.4 Å². The zero-order valence-electron chi connectivity index (χ0n) is 15.9. The van der Waals surface area contributed by atoms with Crippen LogP contribution in [0.5, 0.6) is 5.75 Å². The van der Waals surface area contributed by atoms with Crippen molar-refractivity contribution in [1.29, 1.82) is 0 Å². The van der Waals surface area contributed by atoms with Gasteiger partial charge in [0.25, 0.3) is 0 Å². The van der Waals surface area contributed by atoms with Crippen molar-refractivity contribution in [3.63, 3.8) is 0 Å². The number of amides is 2. The molecule has 0 bridgehead atoms. The summed E-state index contributed by atoms with van der Waals surface area (Å²) in [7, 11) is 0. The van der Waals surface area contributed by atoms with Gasteiger partial charge in [-0.05, 0) is 63.2 Å². The van der Waals surface area contributed by atoms with E-state index in [-0.39, 0.29) is 17.3 Å². The largest absolute Gasteiger partial charge is 0.492 e. The summed E-state index contributed by atoms with van der Waals surface area (Å²) >= 11 is 3.55. The molecule has 0 aromatic heterocycles. The summed E-state index contributed by atoms with van der Waals surface area (Å²) in [5.41, 5.74) is 2.17. The lowest BCUT2D eigenvalue weighted by molar-refractivity contribution is 0.238. The van der Waals surface area contributed by atoms with Crippen molar-refractivity contribution in [3.8, 4) is 5.75 Å². The van der Waals surface area contributed by atoms with Crippen LogP contribution in [0.25, 0.3) is 0 Å². The fraction of sp³-hybridized carbons (Fsp3) is 0.381. The van der Waals surface area contributed by atoms with E-state index in [1.165, 1.54) is 17.7 Å². The van der Waals surface area contributed by atoms with Crippen LogP contribution in [0, 0.1) is 5.82 Å². The van der Waals surface area contributed by atoms with E-state index < -0.39 is 0 Å². The molecule has 0 aliphatic heterocycles. The van der Waals surface area contributed by atoms with Crippen LogP contribution in [-0.2, 0) is 12.0 Å². The number of hydrogen-bond donors (Lipinski definition) is 2. The predicted molar refractivity (Wildman–Crippen MR) is 110 cm³/mol. The monoisotopic (exact) mass is 436 g/mol. The maximum absolute atomic E-state index is 12.8. The Labute approximate surface area is 168 Å². The van der Waals surface area contributed by atoms with Crippen molar-refractivity contribution in [2.45, 2.75) is 39.2 Å². The van der Waals surface area contributed by atoms with E-state index in [2.05, 4.69) is 59.5 Å². The molecule has 2 rings (SSSR count). The molecule has 0 heterocycles. The molecule has 2 N–H and O–H groups in total. The zero-order valence-corrected chi connectivity index (χ0v) is 17.5. The highest BCUT2D eigenvalue weighted by Crippen LogP contribution is 2.31. The highest BCUT2D eigenvalue weighted by Gasteiger charge is 2.15. The van der Waals surface area contributed by atoms with Gasteiger partial charge in [0.05, 0.1) is 11.1 Å². The first-order valence-corrected chi connectivity index (χ1v) is 9.74. The van der Waals surface area contributed by atoms with E-state index in [1.807, 2.05) is 6.07 Å². The Morgan fingerprint density at radius 1 is 1.11 bits per heavy atom. The third kappa shape index (κ3) is 7.21. The standard InChI is InChI=1S/C21H26BrFN2O2/c1-21(2,3)16-7-10-19(18(22)13-16)27-12-4-11-24-20(26)25-14-15-5-8-17(23)9-6-15/h5-10,13H,4,11-12,14H2,1-3H3,(H2,24,25,26). The van der Waals surface area contributed by atoms with Gasteiger partial charge in [0.1, 0.15) is 11.6 Å². The van der Waals surface area contributed by atoms with E-state index in [0.717, 1.165) is 15.8 Å². The summed E-state index contributed by atoms with van der Waals surface area (Å²) in [6, 6.07) is 11.9. The highest BCUT2D eigenvalue weighted by molar-refractivity contribution is 9.10. The van der Waals surface area contributed by atoms with Crippen LogP contribution in [0.4, 0.5) is 9.18 Å². The van der Waals surface area contributed by atoms with Crippen molar-refractivity contribution in [1.82, 2.24) is 10.6 Å². The predicted octanol–water partition coefficient (Wildman–Crippen LogP) is 5.15. The van der Waals surface area contributed by atoms with Crippen LogP contribution in [0.1, 0.15) is 38.3 Å². The van der Waals surface area contributed by atoms with E-state index in [4.69, 9.17) is 4.74 Å². The van der Waals surface area contributed by atoms with Gasteiger partial charge in [-0.15, -0.1) is 0 Å². The lowest BCUT2D eigenvalue weighted by Crippen LogP contribution is -2.36. The Morgan fingerprint density at radius 2 is 1.81 bits per heavy atom. The third-order valence-electron chi connectivity index (χ3n) is 4.03. The number of benzene rings is 2. The molecule has 0 saturated carbocycles. The molecule has 0 saturated heterocycles. The summed E-state index contributed by atoms with van der Waals surface area (Å²) in [6.45, 7) is 7.88. The molecule has 27 heavy (non-hydrogen) atoms. The van der Waals surface area contributed by atoms with E-state index in [0.29, 0.717) is 26.1 Å². The van der Waals surface area contributed by atoms with Crippen molar-refractivity contribution >= 4 is 22.0 Å². The molecule has 0 spiro atoms. The Hall–Kier alpha value is -2.08. The molecular weight excluding hydrogens is 411 g/mol. The van der Waals surface area contributed by atoms with Gasteiger partial charge in [0, 0.05) is 13.1 Å². The molecule has 0 unspecified atom stereocenters. The van der Waals surface area contributed by atoms with Gasteiger partial charge in [-0.3, -0.25) is 0 Å². The third-order valence-corrected chi connectivity index (χ3v) is 4.65. The maximum Gasteiger partial charge on any atom is 0.315 e. The molecule has 2 aromatic carbocycles. The molecule has 0 aliphatic carbocycles. The van der Waals surface area contributed by atoms with Crippen molar-refractivity contribution in [3.05, 3.63) is 63.9 Å². The van der Waals surface area contributed by atoms with Crippen LogP contribution < -0.4 is 15.4 Å². The molecule has 0 atom stereocenters. The molecule has 0 fully saturated rings. The average molecular weight is 437 g/mol. The minimum Gasteiger partial charge on any atom is -0.492 e. The number of ether oxygens (including phenoxy) is 1. The summed E-state index contributed by atoms with van der Waals surface area (Å²) in [5, 5.41) is 5.51. The smallest absolute Gasteiger partial charge is 0.315 e. The lowest BCUT2D eigenvalue weighted by atomic mass is 9.87. The fourth-order valence-electron chi connectivity index (χ4n) is 2.39. The summed E-state index contributed by atoms with van der Waals surface area (Å²) in [6.07, 6.45) is 0.692. The summed E-state index contributed by atoms with van der Waals surface area (Å²) in [5.74, 6) is 0.506.